The Morgan fingerprint density at radius 2 is 0.931 bits per heavy atom. The van der Waals surface area contributed by atoms with Gasteiger partial charge in [-0.25, -0.2) is 4.98 Å². The molecule has 3 nitrogen and oxygen atoms in total. The van der Waals surface area contributed by atoms with Gasteiger partial charge in [-0.2, -0.15) is 0 Å². The fourth-order valence-electron chi connectivity index (χ4n) is 2.40. The molecular weight excluding hydrogens is 464 g/mol. The minimum Gasteiger partial charge on any atom is -1.00 e. The molecule has 1 heterocycles. The Hall–Kier alpha value is -1.62. The molecule has 7 heteroatoms. The van der Waals surface area contributed by atoms with Crippen LogP contribution in [0.15, 0.2) is 70.6 Å². The van der Waals surface area contributed by atoms with Crippen LogP contribution in [0.5, 0.6) is 0 Å². The van der Waals surface area contributed by atoms with Crippen molar-refractivity contribution in [3.8, 4) is 0 Å². The molecule has 29 heavy (non-hydrogen) atoms. The molecule has 1 aromatic heterocycles. The molecule has 0 bridgehead atoms. The largest absolute Gasteiger partial charge is 1.00 e. The van der Waals surface area contributed by atoms with E-state index in [0.29, 0.717) is 0 Å². The smallest absolute Gasteiger partial charge is 0.0823 e. The van der Waals surface area contributed by atoms with Crippen LogP contribution in [0.2, 0.25) is 0 Å². The standard InChI is InChI=1S/C22H21N3.3ClH.V/c1-16-4-8-19(9-5-16)23-14-21-12-18(3)13-22(25-21)15-24-20-10-6-17(2)7-11-20;;;;/h4-15H,1-3H3;3*1H;/p-3. The van der Waals surface area contributed by atoms with Crippen molar-refractivity contribution >= 4 is 23.8 Å². The van der Waals surface area contributed by atoms with Crippen LogP contribution >= 0.6 is 0 Å². The number of pyridine rings is 1. The van der Waals surface area contributed by atoms with Crippen LogP contribution < -0.4 is 37.2 Å². The van der Waals surface area contributed by atoms with Crippen molar-refractivity contribution in [3.63, 3.8) is 0 Å². The van der Waals surface area contributed by atoms with Gasteiger partial charge in [-0.05, 0) is 62.7 Å². The summed E-state index contributed by atoms with van der Waals surface area (Å²) in [5, 5.41) is 0. The molecule has 0 aliphatic rings. The first kappa shape index (κ1) is 29.6. The van der Waals surface area contributed by atoms with Gasteiger partial charge in [0.15, 0.2) is 0 Å². The van der Waals surface area contributed by atoms with Crippen molar-refractivity contribution in [2.45, 2.75) is 20.8 Å². The fourth-order valence-corrected chi connectivity index (χ4v) is 2.40. The van der Waals surface area contributed by atoms with Crippen LogP contribution in [-0.2, 0) is 18.6 Å². The van der Waals surface area contributed by atoms with E-state index >= 15 is 0 Å². The number of rotatable bonds is 4. The number of hydrogen-bond acceptors (Lipinski definition) is 3. The monoisotopic (exact) mass is 483 g/mol. The number of benzene rings is 2. The molecule has 1 radical (unpaired) electrons. The molecule has 0 aliphatic carbocycles. The Balaban J connectivity index is 0. The van der Waals surface area contributed by atoms with Gasteiger partial charge in [-0.3, -0.25) is 9.98 Å². The van der Waals surface area contributed by atoms with Crippen molar-refractivity contribution < 1.29 is 55.8 Å². The summed E-state index contributed by atoms with van der Waals surface area (Å²) >= 11 is 0. The van der Waals surface area contributed by atoms with Gasteiger partial charge in [-0.15, -0.1) is 0 Å². The van der Waals surface area contributed by atoms with Gasteiger partial charge in [0, 0.05) is 18.6 Å². The quantitative estimate of drug-likeness (QED) is 0.355. The van der Waals surface area contributed by atoms with Crippen molar-refractivity contribution in [2.24, 2.45) is 9.98 Å². The molecular formula is C22H21Cl3N3V-3. The van der Waals surface area contributed by atoms with Crippen LogP contribution in [0.1, 0.15) is 28.1 Å². The zero-order chi connectivity index (χ0) is 17.6. The van der Waals surface area contributed by atoms with Gasteiger partial charge in [0.1, 0.15) is 0 Å². The third-order valence-electron chi connectivity index (χ3n) is 3.77. The molecule has 153 valence electrons. The molecule has 2 aromatic carbocycles. The molecule has 0 aliphatic heterocycles. The summed E-state index contributed by atoms with van der Waals surface area (Å²) in [5.74, 6) is 0. The van der Waals surface area contributed by atoms with Gasteiger partial charge in [0.05, 0.1) is 35.2 Å². The van der Waals surface area contributed by atoms with Crippen molar-refractivity contribution in [3.05, 3.63) is 88.7 Å². The van der Waals surface area contributed by atoms with Gasteiger partial charge in [0.2, 0.25) is 0 Å². The number of halogens is 3. The van der Waals surface area contributed by atoms with Gasteiger partial charge < -0.3 is 37.2 Å². The maximum Gasteiger partial charge on any atom is 0.0823 e. The molecule has 0 fully saturated rings. The second-order valence-corrected chi connectivity index (χ2v) is 6.18. The number of aliphatic imine (C=N–C) groups is 2. The molecule has 0 unspecified atom stereocenters. The molecule has 0 amide bonds. The summed E-state index contributed by atoms with van der Waals surface area (Å²) in [4.78, 5) is 13.6. The van der Waals surface area contributed by atoms with Gasteiger partial charge >= 0.3 is 0 Å². The van der Waals surface area contributed by atoms with Crippen molar-refractivity contribution in [1.82, 2.24) is 4.98 Å². The maximum atomic E-state index is 4.60. The number of aromatic nitrogens is 1. The minimum absolute atomic E-state index is 0. The number of hydrogen-bond donors (Lipinski definition) is 0. The first-order valence-corrected chi connectivity index (χ1v) is 8.29. The average Bonchev–Trinajstić information content (AvgIpc) is 2.60. The number of nitrogens with zero attached hydrogens (tertiary/aromatic N) is 3. The molecule has 0 N–H and O–H groups in total. The minimum atomic E-state index is 0. The van der Waals surface area contributed by atoms with Crippen LogP contribution in [0, 0.1) is 20.8 Å². The van der Waals surface area contributed by atoms with Crippen molar-refractivity contribution in [1.29, 1.82) is 0 Å². The molecule has 0 spiro atoms. The maximum absolute atomic E-state index is 4.60. The van der Waals surface area contributed by atoms with E-state index in [0.717, 1.165) is 28.3 Å². The zero-order valence-electron chi connectivity index (χ0n) is 16.4. The zero-order valence-corrected chi connectivity index (χ0v) is 20.0. The summed E-state index contributed by atoms with van der Waals surface area (Å²) < 4.78 is 0. The first-order chi connectivity index (χ1) is 12.1. The Morgan fingerprint density at radius 3 is 1.28 bits per heavy atom. The number of aryl methyl sites for hydroxylation is 3. The topological polar surface area (TPSA) is 37.6 Å². The van der Waals surface area contributed by atoms with Crippen LogP contribution in [0.25, 0.3) is 0 Å². The second-order valence-electron chi connectivity index (χ2n) is 6.18. The van der Waals surface area contributed by atoms with Crippen LogP contribution in [0.4, 0.5) is 11.4 Å². The SMILES string of the molecule is Cc1ccc(N=Cc2cc(C)cc(C=Nc3ccc(C)cc3)n2)cc1.[Cl-].[Cl-].[Cl-].[V]. The Kier molecular flexibility index (Phi) is 14.7. The molecule has 3 aromatic rings. The van der Waals surface area contributed by atoms with E-state index in [9.17, 15) is 0 Å². The van der Waals surface area contributed by atoms with Crippen LogP contribution in [-0.4, -0.2) is 17.4 Å². The van der Waals surface area contributed by atoms with E-state index in [-0.39, 0.29) is 55.8 Å². The molecule has 0 saturated carbocycles. The van der Waals surface area contributed by atoms with E-state index in [1.54, 1.807) is 12.4 Å². The summed E-state index contributed by atoms with van der Waals surface area (Å²) in [5.41, 5.74) is 7.07. The van der Waals surface area contributed by atoms with E-state index in [1.165, 1.54) is 11.1 Å². The molecule has 0 saturated heterocycles. The van der Waals surface area contributed by atoms with Gasteiger partial charge in [-0.1, -0.05) is 35.4 Å². The average molecular weight is 485 g/mol. The van der Waals surface area contributed by atoms with Crippen molar-refractivity contribution in [2.75, 3.05) is 0 Å². The molecule has 0 atom stereocenters. The normalized spacial score (nSPS) is 9.90. The Morgan fingerprint density at radius 1 is 0.586 bits per heavy atom. The van der Waals surface area contributed by atoms with Crippen LogP contribution in [0.3, 0.4) is 0 Å². The summed E-state index contributed by atoms with van der Waals surface area (Å²) in [6, 6.07) is 20.2. The first-order valence-electron chi connectivity index (χ1n) is 8.29. The molecule has 3 rings (SSSR count). The Labute approximate surface area is 203 Å². The van der Waals surface area contributed by atoms with Gasteiger partial charge in [0.25, 0.3) is 0 Å². The summed E-state index contributed by atoms with van der Waals surface area (Å²) in [6.45, 7) is 6.18. The summed E-state index contributed by atoms with van der Waals surface area (Å²) in [6.07, 6.45) is 3.59. The van der Waals surface area contributed by atoms with E-state index in [4.69, 9.17) is 0 Å². The third kappa shape index (κ3) is 9.62. The second kappa shape index (κ2) is 14.4. The fraction of sp³-hybridized carbons (Fsp3) is 0.136. The summed E-state index contributed by atoms with van der Waals surface area (Å²) in [7, 11) is 0. The predicted molar refractivity (Wildman–Crippen MR) is 106 cm³/mol. The third-order valence-corrected chi connectivity index (χ3v) is 3.77. The van der Waals surface area contributed by atoms with E-state index < -0.39 is 0 Å². The Bertz CT molecular complexity index is 851. The van der Waals surface area contributed by atoms with E-state index in [1.807, 2.05) is 43.3 Å². The van der Waals surface area contributed by atoms with E-state index in [2.05, 4.69) is 53.1 Å². The predicted octanol–water partition coefficient (Wildman–Crippen LogP) is -3.48.